The van der Waals surface area contributed by atoms with Crippen LogP contribution in [0.1, 0.15) is 42.4 Å². The molecule has 2 aromatic rings. The number of nitrogens with zero attached hydrogens (tertiary/aromatic N) is 1. The van der Waals surface area contributed by atoms with Gasteiger partial charge >= 0.3 is 13.7 Å². The van der Waals surface area contributed by atoms with Gasteiger partial charge in [0, 0.05) is 16.2 Å². The quantitative estimate of drug-likeness (QED) is 0.259. The molecule has 32 heavy (non-hydrogen) atoms. The van der Waals surface area contributed by atoms with Crippen molar-refractivity contribution in [2.75, 3.05) is 0 Å². The van der Waals surface area contributed by atoms with Crippen molar-refractivity contribution in [2.45, 2.75) is 46.4 Å². The molecule has 1 unspecified atom stereocenters. The minimum Gasteiger partial charge on any atom is -0.505 e. The molecule has 2 N–H and O–H groups in total. The zero-order valence-electron chi connectivity index (χ0n) is 17.8. The average molecular weight is 533 g/mol. The van der Waals surface area contributed by atoms with Crippen LogP contribution in [0.5, 0.6) is 11.5 Å². The van der Waals surface area contributed by atoms with Crippen LogP contribution in [-0.2, 0) is 25.2 Å². The fourth-order valence-corrected chi connectivity index (χ4v) is 4.26. The Morgan fingerprint density at radius 1 is 1.38 bits per heavy atom. The zero-order chi connectivity index (χ0) is 24.1. The van der Waals surface area contributed by atoms with Crippen LogP contribution in [0.4, 0.5) is 4.39 Å². The number of aldehydes is 1. The van der Waals surface area contributed by atoms with Crippen molar-refractivity contribution in [1.82, 2.24) is 10.1 Å². The van der Waals surface area contributed by atoms with E-state index >= 15 is 0 Å². The number of carbonyl (C=O) groups is 2. The molecule has 0 bridgehead atoms. The van der Waals surface area contributed by atoms with Crippen LogP contribution in [0, 0.1) is 12.7 Å². The van der Waals surface area contributed by atoms with Crippen LogP contribution in [0.25, 0.3) is 0 Å². The smallest absolute Gasteiger partial charge is 0.459 e. The van der Waals surface area contributed by atoms with Gasteiger partial charge in [-0.05, 0) is 45.9 Å². The number of aryl methyl sites for hydroxylation is 1. The monoisotopic (exact) mass is 532 g/mol. The first-order valence-corrected chi connectivity index (χ1v) is 11.8. The number of hydrogen-bond acceptors (Lipinski definition) is 8. The van der Waals surface area contributed by atoms with Gasteiger partial charge in [0.15, 0.2) is 17.9 Å². The van der Waals surface area contributed by atoms with E-state index in [4.69, 9.17) is 13.8 Å². The Morgan fingerprint density at radius 2 is 2.06 bits per heavy atom. The van der Waals surface area contributed by atoms with E-state index in [2.05, 4.69) is 26.0 Å². The lowest BCUT2D eigenvalue weighted by Gasteiger charge is -2.23. The molecule has 0 aliphatic carbocycles. The van der Waals surface area contributed by atoms with Gasteiger partial charge in [0.1, 0.15) is 11.8 Å². The van der Waals surface area contributed by atoms with E-state index in [-0.39, 0.29) is 22.6 Å². The lowest BCUT2D eigenvalue weighted by Crippen LogP contribution is -2.36. The largest absolute Gasteiger partial charge is 0.505 e. The SMILES string of the molecule is Cc1ncc(COP(=O)(N[C@@H](C)C(=O)OC(C)C)Oc2ccc(Br)cc2F)c(C=O)c1O. The van der Waals surface area contributed by atoms with Crippen molar-refractivity contribution in [3.05, 3.63) is 51.5 Å². The number of aromatic hydroxyl groups is 1. The highest BCUT2D eigenvalue weighted by Crippen LogP contribution is 2.47. The van der Waals surface area contributed by atoms with Gasteiger partial charge in [-0.25, -0.2) is 8.96 Å². The Labute approximate surface area is 193 Å². The molecule has 0 aliphatic rings. The molecule has 9 nitrogen and oxygen atoms in total. The maximum absolute atomic E-state index is 14.3. The first-order chi connectivity index (χ1) is 15.0. The fourth-order valence-electron chi connectivity index (χ4n) is 2.45. The number of aromatic nitrogens is 1. The van der Waals surface area contributed by atoms with E-state index in [1.165, 1.54) is 32.2 Å². The fraction of sp³-hybridized carbons (Fsp3) is 0.350. The average Bonchev–Trinajstić information content (AvgIpc) is 2.70. The summed E-state index contributed by atoms with van der Waals surface area (Å²) in [5.74, 6) is -2.30. The molecule has 2 rings (SSSR count). The van der Waals surface area contributed by atoms with Gasteiger partial charge in [-0.1, -0.05) is 15.9 Å². The number of ether oxygens (including phenoxy) is 1. The van der Waals surface area contributed by atoms with Gasteiger partial charge in [-0.3, -0.25) is 19.1 Å². The van der Waals surface area contributed by atoms with Crippen LogP contribution in [0.3, 0.4) is 0 Å². The van der Waals surface area contributed by atoms with Crippen LogP contribution in [-0.4, -0.2) is 34.5 Å². The van der Waals surface area contributed by atoms with Crippen molar-refractivity contribution in [2.24, 2.45) is 0 Å². The summed E-state index contributed by atoms with van der Waals surface area (Å²) in [6, 6.07) is 2.65. The summed E-state index contributed by atoms with van der Waals surface area (Å²) in [6.07, 6.45) is 1.24. The first-order valence-electron chi connectivity index (χ1n) is 9.46. The Morgan fingerprint density at radius 3 is 2.66 bits per heavy atom. The van der Waals surface area contributed by atoms with Gasteiger partial charge in [-0.15, -0.1) is 0 Å². The molecular weight excluding hydrogens is 510 g/mol. The second-order valence-electron chi connectivity index (χ2n) is 7.02. The van der Waals surface area contributed by atoms with Gasteiger partial charge in [-0.2, -0.15) is 5.09 Å². The summed E-state index contributed by atoms with van der Waals surface area (Å²) in [7, 11) is -4.39. The summed E-state index contributed by atoms with van der Waals surface area (Å²) in [4.78, 5) is 27.5. The topological polar surface area (TPSA) is 124 Å². The second-order valence-corrected chi connectivity index (χ2v) is 9.63. The van der Waals surface area contributed by atoms with Crippen LogP contribution in [0.15, 0.2) is 28.9 Å². The van der Waals surface area contributed by atoms with Crippen molar-refractivity contribution in [1.29, 1.82) is 0 Å². The number of hydrogen-bond donors (Lipinski definition) is 2. The molecular formula is C20H23BrFN2O7P. The lowest BCUT2D eigenvalue weighted by molar-refractivity contribution is -0.149. The number of pyridine rings is 1. The van der Waals surface area contributed by atoms with E-state index in [0.29, 0.717) is 10.8 Å². The third-order valence-corrected chi connectivity index (χ3v) is 6.14. The molecule has 0 fully saturated rings. The predicted molar refractivity (Wildman–Crippen MR) is 117 cm³/mol. The number of nitrogens with one attached hydrogen (secondary N) is 1. The molecule has 174 valence electrons. The Hall–Kier alpha value is -2.33. The third kappa shape index (κ3) is 6.83. The maximum Gasteiger partial charge on any atom is 0.459 e. The number of halogens is 2. The minimum absolute atomic E-state index is 0.105. The molecule has 0 spiro atoms. The van der Waals surface area contributed by atoms with Crippen LogP contribution < -0.4 is 9.61 Å². The number of benzene rings is 1. The van der Waals surface area contributed by atoms with Gasteiger partial charge in [0.2, 0.25) is 0 Å². The predicted octanol–water partition coefficient (Wildman–Crippen LogP) is 4.44. The van der Waals surface area contributed by atoms with Crippen molar-refractivity contribution >= 4 is 35.9 Å². The van der Waals surface area contributed by atoms with Crippen LogP contribution >= 0.6 is 23.7 Å². The minimum atomic E-state index is -4.39. The Balaban J connectivity index is 2.33. The molecule has 1 aromatic heterocycles. The highest BCUT2D eigenvalue weighted by molar-refractivity contribution is 9.10. The summed E-state index contributed by atoms with van der Waals surface area (Å²) in [5, 5.41) is 12.4. The van der Waals surface area contributed by atoms with Gasteiger partial charge in [0.05, 0.1) is 24.0 Å². The van der Waals surface area contributed by atoms with Crippen molar-refractivity contribution in [3.8, 4) is 11.5 Å². The van der Waals surface area contributed by atoms with Crippen molar-refractivity contribution in [3.63, 3.8) is 0 Å². The third-order valence-electron chi connectivity index (χ3n) is 4.04. The summed E-state index contributed by atoms with van der Waals surface area (Å²) < 4.78 is 43.9. The molecule has 0 aliphatic heterocycles. The van der Waals surface area contributed by atoms with E-state index in [1.54, 1.807) is 13.8 Å². The highest BCUT2D eigenvalue weighted by atomic mass is 79.9. The molecule has 0 saturated heterocycles. The number of carbonyl (C=O) groups excluding carboxylic acids is 2. The number of esters is 1. The summed E-state index contributed by atoms with van der Waals surface area (Å²) >= 11 is 3.11. The maximum atomic E-state index is 14.3. The lowest BCUT2D eigenvalue weighted by atomic mass is 10.1. The number of rotatable bonds is 10. The molecule has 2 atom stereocenters. The standard InChI is InChI=1S/C20H23BrFN2O7P/c1-11(2)30-20(27)13(4)24-32(28,31-18-6-5-15(21)7-17(18)22)29-10-14-8-23-12(3)19(26)16(14)9-25/h5-9,11,13,26H,10H2,1-4H3,(H,24,28)/t13-,32?/m0/s1. The summed E-state index contributed by atoms with van der Waals surface area (Å²) in [6.45, 7) is 5.67. The van der Waals surface area contributed by atoms with E-state index in [0.717, 1.165) is 6.07 Å². The van der Waals surface area contributed by atoms with Crippen molar-refractivity contribution < 1.29 is 37.4 Å². The first kappa shape index (κ1) is 25.9. The van der Waals surface area contributed by atoms with Crippen LogP contribution in [0.2, 0.25) is 0 Å². The van der Waals surface area contributed by atoms with Gasteiger partial charge < -0.3 is 14.4 Å². The van der Waals surface area contributed by atoms with Gasteiger partial charge in [0.25, 0.3) is 0 Å². The Bertz CT molecular complexity index is 1050. The van der Waals surface area contributed by atoms with E-state index < -0.39 is 44.0 Å². The molecule has 0 saturated carbocycles. The molecule has 1 heterocycles. The normalized spacial score (nSPS) is 14.0. The summed E-state index contributed by atoms with van der Waals surface area (Å²) in [5.41, 5.74) is 0.226. The molecule has 1 aromatic carbocycles. The van der Waals surface area contributed by atoms with E-state index in [9.17, 15) is 23.7 Å². The second kappa shape index (κ2) is 11.0. The Kier molecular flexibility index (Phi) is 8.91. The zero-order valence-corrected chi connectivity index (χ0v) is 20.3. The van der Waals surface area contributed by atoms with E-state index in [1.807, 2.05) is 0 Å². The highest BCUT2D eigenvalue weighted by Gasteiger charge is 2.34. The molecule has 12 heteroatoms. The molecule has 0 amide bonds. The molecule has 0 radical (unpaired) electrons.